The molecule has 0 aromatic heterocycles. The Morgan fingerprint density at radius 1 is 1.33 bits per heavy atom. The number of carboxylic acid groups (broad SMARTS) is 1. The highest BCUT2D eigenvalue weighted by atomic mass is 16.4. The molecule has 4 nitrogen and oxygen atoms in total. The summed E-state index contributed by atoms with van der Waals surface area (Å²) >= 11 is 0. The topological polar surface area (TPSA) is 52.6 Å². The van der Waals surface area contributed by atoms with Crippen molar-refractivity contribution >= 4 is 6.09 Å². The van der Waals surface area contributed by atoms with Crippen LogP contribution in [0.25, 0.3) is 0 Å². The van der Waals surface area contributed by atoms with Crippen LogP contribution in [-0.2, 0) is 0 Å². The van der Waals surface area contributed by atoms with Crippen LogP contribution in [0.3, 0.4) is 0 Å². The van der Waals surface area contributed by atoms with E-state index in [4.69, 9.17) is 5.11 Å². The molecule has 2 aliphatic rings. The number of nitrogens with one attached hydrogen (secondary N) is 1. The number of hydrogen-bond acceptors (Lipinski definition) is 2. The first kappa shape index (κ1) is 11.5. The first-order valence-electron chi connectivity index (χ1n) is 6.48. The van der Waals surface area contributed by atoms with Gasteiger partial charge in [0.05, 0.1) is 0 Å². The van der Waals surface area contributed by atoms with Gasteiger partial charge in [-0.1, -0.05) is 31.2 Å². The van der Waals surface area contributed by atoms with E-state index in [1.807, 2.05) is 0 Å². The minimum atomic E-state index is -0.812. The van der Waals surface area contributed by atoms with Gasteiger partial charge in [0.1, 0.15) is 0 Å². The molecule has 0 bridgehead atoms. The van der Waals surface area contributed by atoms with E-state index in [1.54, 1.807) is 0 Å². The van der Waals surface area contributed by atoms with Gasteiger partial charge in [-0.25, -0.2) is 4.79 Å². The van der Waals surface area contributed by atoms with Gasteiger partial charge in [0.25, 0.3) is 0 Å². The quantitative estimate of drug-likeness (QED) is 0.841. The summed E-state index contributed by atoms with van der Waals surface area (Å²) in [6.45, 7) is 3.48. The van der Waals surface area contributed by atoms with Crippen LogP contribution in [0.2, 0.25) is 0 Å². The molecule has 0 radical (unpaired) electrons. The Balaban J connectivity index is 1.64. The van der Waals surface area contributed by atoms with E-state index < -0.39 is 6.09 Å². The largest absolute Gasteiger partial charge is 0.465 e. The Labute approximate surface area is 107 Å². The van der Waals surface area contributed by atoms with E-state index in [0.29, 0.717) is 31.1 Å². The second-order valence-electron chi connectivity index (χ2n) is 5.37. The number of carbonyl (C=O) groups is 1. The van der Waals surface area contributed by atoms with Crippen molar-refractivity contribution in [1.29, 1.82) is 0 Å². The summed E-state index contributed by atoms with van der Waals surface area (Å²) in [5.41, 5.74) is 2.82. The van der Waals surface area contributed by atoms with Crippen LogP contribution in [0, 0.1) is 0 Å². The molecule has 18 heavy (non-hydrogen) atoms. The van der Waals surface area contributed by atoms with Crippen molar-refractivity contribution in [1.82, 2.24) is 10.2 Å². The molecule has 2 unspecified atom stereocenters. The molecule has 1 aromatic rings. The fourth-order valence-corrected chi connectivity index (χ4v) is 3.07. The monoisotopic (exact) mass is 246 g/mol. The van der Waals surface area contributed by atoms with E-state index >= 15 is 0 Å². The second-order valence-corrected chi connectivity index (χ2v) is 5.37. The summed E-state index contributed by atoms with van der Waals surface area (Å²) in [5, 5.41) is 12.4. The molecule has 1 saturated heterocycles. The predicted molar refractivity (Wildman–Crippen MR) is 68.7 cm³/mol. The molecule has 96 valence electrons. The molecule has 0 saturated carbocycles. The first-order valence-corrected chi connectivity index (χ1v) is 6.48. The molecule has 3 rings (SSSR count). The van der Waals surface area contributed by atoms with Gasteiger partial charge >= 0.3 is 6.09 Å². The SMILES string of the molecule is CC1CC(NC2CN(C(=O)O)C2)c2ccccc21. The maximum absolute atomic E-state index is 10.7. The third kappa shape index (κ3) is 1.86. The lowest BCUT2D eigenvalue weighted by Gasteiger charge is -2.39. The third-order valence-electron chi connectivity index (χ3n) is 4.08. The average molecular weight is 246 g/mol. The molecule has 0 spiro atoms. The van der Waals surface area contributed by atoms with Crippen LogP contribution >= 0.6 is 0 Å². The maximum Gasteiger partial charge on any atom is 0.407 e. The average Bonchev–Trinajstić information content (AvgIpc) is 2.61. The smallest absolute Gasteiger partial charge is 0.407 e. The van der Waals surface area contributed by atoms with Gasteiger partial charge < -0.3 is 15.3 Å². The molecular formula is C14H18N2O2. The molecule has 1 aliphatic carbocycles. The minimum Gasteiger partial charge on any atom is -0.465 e. The predicted octanol–water partition coefficient (Wildman–Crippen LogP) is 2.19. The lowest BCUT2D eigenvalue weighted by atomic mass is 10.0. The van der Waals surface area contributed by atoms with Gasteiger partial charge in [0.2, 0.25) is 0 Å². The van der Waals surface area contributed by atoms with Gasteiger partial charge in [-0.3, -0.25) is 0 Å². The molecule has 4 heteroatoms. The van der Waals surface area contributed by atoms with Crippen LogP contribution < -0.4 is 5.32 Å². The fourth-order valence-electron chi connectivity index (χ4n) is 3.07. The summed E-state index contributed by atoms with van der Waals surface area (Å²) in [7, 11) is 0. The molecule has 1 aromatic carbocycles. The number of fused-ring (bicyclic) bond motifs is 1. The van der Waals surface area contributed by atoms with Crippen LogP contribution in [-0.4, -0.2) is 35.2 Å². The Hall–Kier alpha value is -1.55. The van der Waals surface area contributed by atoms with Crippen molar-refractivity contribution in [3.05, 3.63) is 35.4 Å². The number of rotatable bonds is 2. The van der Waals surface area contributed by atoms with Crippen molar-refractivity contribution < 1.29 is 9.90 Å². The summed E-state index contributed by atoms with van der Waals surface area (Å²) in [5.74, 6) is 0.592. The number of hydrogen-bond donors (Lipinski definition) is 2. The van der Waals surface area contributed by atoms with Gasteiger partial charge in [0, 0.05) is 25.2 Å². The van der Waals surface area contributed by atoms with E-state index in [2.05, 4.69) is 36.5 Å². The number of amides is 1. The van der Waals surface area contributed by atoms with E-state index in [9.17, 15) is 4.79 Å². The standard InChI is InChI=1S/C14H18N2O2/c1-9-6-13(12-5-3-2-4-11(9)12)15-10-7-16(8-10)14(17)18/h2-5,9-10,13,15H,6-8H2,1H3,(H,17,18). The number of nitrogens with zero attached hydrogens (tertiary/aromatic N) is 1. The highest BCUT2D eigenvalue weighted by Crippen LogP contribution is 2.40. The van der Waals surface area contributed by atoms with Crippen molar-refractivity contribution in [3.63, 3.8) is 0 Å². The second kappa shape index (κ2) is 4.28. The lowest BCUT2D eigenvalue weighted by Crippen LogP contribution is -2.59. The summed E-state index contributed by atoms with van der Waals surface area (Å²) in [6, 6.07) is 9.25. The molecule has 2 N–H and O–H groups in total. The van der Waals surface area contributed by atoms with Crippen LogP contribution in [0.15, 0.2) is 24.3 Å². The Kier molecular flexibility index (Phi) is 2.74. The Morgan fingerprint density at radius 2 is 2.00 bits per heavy atom. The summed E-state index contributed by atoms with van der Waals surface area (Å²) < 4.78 is 0. The highest BCUT2D eigenvalue weighted by Gasteiger charge is 2.35. The highest BCUT2D eigenvalue weighted by molar-refractivity contribution is 5.66. The van der Waals surface area contributed by atoms with Crippen LogP contribution in [0.4, 0.5) is 4.79 Å². The maximum atomic E-state index is 10.7. The van der Waals surface area contributed by atoms with E-state index in [-0.39, 0.29) is 0 Å². The molecular weight excluding hydrogens is 228 g/mol. The number of likely N-dealkylation sites (tertiary alicyclic amines) is 1. The van der Waals surface area contributed by atoms with Gasteiger partial charge in [-0.05, 0) is 23.5 Å². The van der Waals surface area contributed by atoms with Gasteiger partial charge in [-0.2, -0.15) is 0 Å². The lowest BCUT2D eigenvalue weighted by molar-refractivity contribution is 0.0916. The van der Waals surface area contributed by atoms with Gasteiger partial charge in [-0.15, -0.1) is 0 Å². The zero-order chi connectivity index (χ0) is 12.7. The van der Waals surface area contributed by atoms with Crippen molar-refractivity contribution in [2.75, 3.05) is 13.1 Å². The first-order chi connectivity index (χ1) is 8.65. The van der Waals surface area contributed by atoms with E-state index in [1.165, 1.54) is 16.0 Å². The van der Waals surface area contributed by atoms with Gasteiger partial charge in [0.15, 0.2) is 0 Å². The molecule has 1 aliphatic heterocycles. The minimum absolute atomic E-state index is 0.310. The molecule has 2 atom stereocenters. The molecule has 1 fully saturated rings. The number of benzene rings is 1. The zero-order valence-corrected chi connectivity index (χ0v) is 10.5. The van der Waals surface area contributed by atoms with Crippen molar-refractivity contribution in [2.24, 2.45) is 0 Å². The van der Waals surface area contributed by atoms with Crippen molar-refractivity contribution in [3.8, 4) is 0 Å². The van der Waals surface area contributed by atoms with Crippen molar-refractivity contribution in [2.45, 2.75) is 31.3 Å². The normalized spacial score (nSPS) is 26.8. The van der Waals surface area contributed by atoms with Crippen LogP contribution in [0.5, 0.6) is 0 Å². The zero-order valence-electron chi connectivity index (χ0n) is 10.5. The Morgan fingerprint density at radius 3 is 2.67 bits per heavy atom. The molecule has 1 heterocycles. The Bertz CT molecular complexity index is 469. The fraction of sp³-hybridized carbons (Fsp3) is 0.500. The van der Waals surface area contributed by atoms with E-state index in [0.717, 1.165) is 6.42 Å². The summed E-state index contributed by atoms with van der Waals surface area (Å²) in [6.07, 6.45) is 0.302. The van der Waals surface area contributed by atoms with Crippen LogP contribution in [0.1, 0.15) is 36.4 Å². The molecule has 1 amide bonds. The summed E-state index contributed by atoms with van der Waals surface area (Å²) in [4.78, 5) is 12.2. The third-order valence-corrected chi connectivity index (χ3v) is 4.08.